The van der Waals surface area contributed by atoms with Crippen LogP contribution in [0.15, 0.2) is 146 Å². The highest BCUT2D eigenvalue weighted by Crippen LogP contribution is 2.12. The molecule has 0 spiro atoms. The van der Waals surface area contributed by atoms with Crippen molar-refractivity contribution in [1.29, 1.82) is 0 Å². The molecule has 1 atom stereocenters. The fraction of sp³-hybridized carbons (Fsp3) is 0.574. The SMILES string of the molecule is CC/C=C\C/C=C\C/C=C\C/C=C\C/C=C\C/C=C\C/C=C\C/C=C\C/C=C\CCCC(=O)OC(CO)COC(=O)CCCCCCCCCC/C=C\C/C=C\C/C=C\CCCCCCC. The van der Waals surface area contributed by atoms with Crippen molar-refractivity contribution in [2.45, 2.75) is 213 Å². The lowest BCUT2D eigenvalue weighted by molar-refractivity contribution is -0.161. The molecular formula is C61H96O5. The summed E-state index contributed by atoms with van der Waals surface area (Å²) in [5.74, 6) is -0.680. The van der Waals surface area contributed by atoms with E-state index >= 15 is 0 Å². The number of hydrogen-bond donors (Lipinski definition) is 1. The lowest BCUT2D eigenvalue weighted by Crippen LogP contribution is -2.28. The van der Waals surface area contributed by atoms with E-state index in [2.05, 4.69) is 160 Å². The van der Waals surface area contributed by atoms with Gasteiger partial charge < -0.3 is 14.6 Å². The van der Waals surface area contributed by atoms with Gasteiger partial charge in [0.2, 0.25) is 0 Å². The Balaban J connectivity index is 3.71. The molecular weight excluding hydrogens is 813 g/mol. The molecule has 0 rings (SSSR count). The fourth-order valence-electron chi connectivity index (χ4n) is 6.68. The van der Waals surface area contributed by atoms with Gasteiger partial charge in [-0.05, 0) is 116 Å². The largest absolute Gasteiger partial charge is 0.462 e. The quantitative estimate of drug-likeness (QED) is 0.0374. The summed E-state index contributed by atoms with van der Waals surface area (Å²) in [5.41, 5.74) is 0. The van der Waals surface area contributed by atoms with Gasteiger partial charge in [0.15, 0.2) is 6.10 Å². The molecule has 1 unspecified atom stereocenters. The molecule has 1 N–H and O–H groups in total. The van der Waals surface area contributed by atoms with Crippen molar-refractivity contribution in [3.05, 3.63) is 146 Å². The average molecular weight is 909 g/mol. The van der Waals surface area contributed by atoms with Crippen molar-refractivity contribution < 1.29 is 24.2 Å². The minimum Gasteiger partial charge on any atom is -0.462 e. The minimum atomic E-state index is -0.818. The molecule has 0 aliphatic rings. The fourth-order valence-corrected chi connectivity index (χ4v) is 6.68. The van der Waals surface area contributed by atoms with Gasteiger partial charge in [-0.3, -0.25) is 9.59 Å². The molecule has 0 aliphatic carbocycles. The highest BCUT2D eigenvalue weighted by molar-refractivity contribution is 5.70. The van der Waals surface area contributed by atoms with E-state index in [0.717, 1.165) is 103 Å². The number of unbranched alkanes of at least 4 members (excludes halogenated alkanes) is 14. The van der Waals surface area contributed by atoms with Crippen LogP contribution in [0.1, 0.15) is 206 Å². The third kappa shape index (κ3) is 52.4. The van der Waals surface area contributed by atoms with Crippen LogP contribution in [-0.4, -0.2) is 36.4 Å². The predicted octanol–water partition coefficient (Wildman–Crippen LogP) is 17.9. The maximum absolute atomic E-state index is 12.3. The molecule has 0 saturated carbocycles. The standard InChI is InChI=1S/C61H96O5/c1-3-5-7-9-11-13-15-17-19-21-23-25-27-28-29-30-31-32-34-36-38-40-42-44-46-48-50-52-54-56-61(64)66-59(57-62)58-65-60(63)55-53-51-49-47-45-43-41-39-37-35-33-26-24-22-20-18-16-14-12-10-8-6-4-2/h5,7,11,13,16-19,22-25,28-29,31-33,35-36,38,42,44,48,50,59,62H,3-4,6,8-10,12,14-15,20-21,26-27,30,34,37,39-41,43,45-47,49,51-58H2,1-2H3/b7-5-,13-11-,18-16-,19-17-,24-22-,25-23-,29-28-,32-31-,35-33-,38-36-,44-42-,50-48-. The molecule has 0 radical (unpaired) electrons. The number of carbonyl (C=O) groups is 2. The topological polar surface area (TPSA) is 72.8 Å². The lowest BCUT2D eigenvalue weighted by Gasteiger charge is -2.15. The lowest BCUT2D eigenvalue weighted by atomic mass is 10.1. The third-order valence-electron chi connectivity index (χ3n) is 10.6. The summed E-state index contributed by atoms with van der Waals surface area (Å²) in [7, 11) is 0. The molecule has 370 valence electrons. The van der Waals surface area contributed by atoms with Gasteiger partial charge in [0.25, 0.3) is 0 Å². The monoisotopic (exact) mass is 909 g/mol. The number of esters is 2. The van der Waals surface area contributed by atoms with E-state index in [1.165, 1.54) is 70.6 Å². The second-order valence-electron chi connectivity index (χ2n) is 16.9. The van der Waals surface area contributed by atoms with Gasteiger partial charge in [0, 0.05) is 12.8 Å². The molecule has 5 heteroatoms. The van der Waals surface area contributed by atoms with E-state index in [4.69, 9.17) is 9.47 Å². The molecule has 66 heavy (non-hydrogen) atoms. The van der Waals surface area contributed by atoms with Gasteiger partial charge in [0.05, 0.1) is 6.61 Å². The van der Waals surface area contributed by atoms with Crippen molar-refractivity contribution in [3.63, 3.8) is 0 Å². The number of aliphatic hydroxyl groups excluding tert-OH is 1. The first-order valence-electron chi connectivity index (χ1n) is 26.4. The summed E-state index contributed by atoms with van der Waals surface area (Å²) in [6.45, 7) is 3.95. The van der Waals surface area contributed by atoms with Crippen LogP contribution in [0.2, 0.25) is 0 Å². The Morgan fingerprint density at radius 3 is 1.03 bits per heavy atom. The molecule has 5 nitrogen and oxygen atoms in total. The Kier molecular flexibility index (Phi) is 51.6. The van der Waals surface area contributed by atoms with Crippen LogP contribution >= 0.6 is 0 Å². The molecule has 0 amide bonds. The zero-order chi connectivity index (χ0) is 47.7. The van der Waals surface area contributed by atoms with E-state index in [-0.39, 0.29) is 31.6 Å². The molecule has 0 aromatic carbocycles. The minimum absolute atomic E-state index is 0.103. The Hall–Kier alpha value is -4.22. The highest BCUT2D eigenvalue weighted by Gasteiger charge is 2.16. The summed E-state index contributed by atoms with van der Waals surface area (Å²) in [4.78, 5) is 24.5. The highest BCUT2D eigenvalue weighted by atomic mass is 16.6. The number of aliphatic hydroxyl groups is 1. The van der Waals surface area contributed by atoms with Crippen molar-refractivity contribution >= 4 is 11.9 Å². The van der Waals surface area contributed by atoms with Gasteiger partial charge in [-0.25, -0.2) is 0 Å². The van der Waals surface area contributed by atoms with Crippen LogP contribution in [0.25, 0.3) is 0 Å². The van der Waals surface area contributed by atoms with Gasteiger partial charge in [-0.2, -0.15) is 0 Å². The van der Waals surface area contributed by atoms with Crippen LogP contribution in [0.5, 0.6) is 0 Å². The predicted molar refractivity (Wildman–Crippen MR) is 287 cm³/mol. The molecule has 0 heterocycles. The van der Waals surface area contributed by atoms with Crippen molar-refractivity contribution in [3.8, 4) is 0 Å². The number of carbonyl (C=O) groups excluding carboxylic acids is 2. The Labute approximate surface area is 406 Å². The van der Waals surface area contributed by atoms with E-state index < -0.39 is 6.10 Å². The van der Waals surface area contributed by atoms with Crippen LogP contribution in [-0.2, 0) is 19.1 Å². The van der Waals surface area contributed by atoms with E-state index in [1.807, 2.05) is 0 Å². The summed E-state index contributed by atoms with van der Waals surface area (Å²) >= 11 is 0. The summed E-state index contributed by atoms with van der Waals surface area (Å²) in [6, 6.07) is 0. The molecule has 0 aromatic heterocycles. The third-order valence-corrected chi connectivity index (χ3v) is 10.6. The Bertz CT molecular complexity index is 1450. The van der Waals surface area contributed by atoms with Crippen LogP contribution in [0, 0.1) is 0 Å². The zero-order valence-corrected chi connectivity index (χ0v) is 42.1. The molecule has 0 aromatic rings. The molecule has 0 saturated heterocycles. The van der Waals surface area contributed by atoms with Crippen molar-refractivity contribution in [2.75, 3.05) is 13.2 Å². The van der Waals surface area contributed by atoms with Crippen LogP contribution in [0.3, 0.4) is 0 Å². The first-order valence-corrected chi connectivity index (χ1v) is 26.4. The van der Waals surface area contributed by atoms with Gasteiger partial charge in [0.1, 0.15) is 6.61 Å². The maximum Gasteiger partial charge on any atom is 0.306 e. The number of rotatable bonds is 46. The summed E-state index contributed by atoms with van der Waals surface area (Å²) < 4.78 is 10.6. The molecule has 0 fully saturated rings. The summed E-state index contributed by atoms with van der Waals surface area (Å²) in [6.07, 6.45) is 83.7. The van der Waals surface area contributed by atoms with Crippen LogP contribution in [0.4, 0.5) is 0 Å². The van der Waals surface area contributed by atoms with E-state index in [9.17, 15) is 14.7 Å². The Morgan fingerprint density at radius 1 is 0.364 bits per heavy atom. The smallest absolute Gasteiger partial charge is 0.306 e. The average Bonchev–Trinajstić information content (AvgIpc) is 3.32. The molecule has 0 aliphatic heterocycles. The van der Waals surface area contributed by atoms with E-state index in [1.54, 1.807) is 0 Å². The van der Waals surface area contributed by atoms with Crippen LogP contribution < -0.4 is 0 Å². The normalized spacial score (nSPS) is 13.4. The zero-order valence-electron chi connectivity index (χ0n) is 42.1. The van der Waals surface area contributed by atoms with Crippen molar-refractivity contribution in [1.82, 2.24) is 0 Å². The number of hydrogen-bond acceptors (Lipinski definition) is 5. The van der Waals surface area contributed by atoms with Gasteiger partial charge in [-0.15, -0.1) is 0 Å². The van der Waals surface area contributed by atoms with Crippen molar-refractivity contribution in [2.24, 2.45) is 0 Å². The Morgan fingerprint density at radius 2 is 0.667 bits per heavy atom. The van der Waals surface area contributed by atoms with Gasteiger partial charge >= 0.3 is 11.9 Å². The second kappa shape index (κ2) is 55.1. The first kappa shape index (κ1) is 61.8. The van der Waals surface area contributed by atoms with Gasteiger partial charge in [-0.1, -0.05) is 224 Å². The number of allylic oxidation sites excluding steroid dienone is 24. The second-order valence-corrected chi connectivity index (χ2v) is 16.9. The maximum atomic E-state index is 12.3. The first-order chi connectivity index (χ1) is 32.6. The molecule has 0 bridgehead atoms. The van der Waals surface area contributed by atoms with E-state index in [0.29, 0.717) is 12.8 Å². The number of ether oxygens (including phenoxy) is 2. The summed E-state index contributed by atoms with van der Waals surface area (Å²) in [5, 5.41) is 9.63.